The Labute approximate surface area is 156 Å². The van der Waals surface area contributed by atoms with Crippen molar-refractivity contribution in [2.24, 2.45) is 10.2 Å². The highest BCUT2D eigenvalue weighted by Gasteiger charge is 2.06. The van der Waals surface area contributed by atoms with Gasteiger partial charge in [-0.15, -0.1) is 0 Å². The Bertz CT molecular complexity index is 403. The van der Waals surface area contributed by atoms with Crippen LogP contribution in [0.5, 0.6) is 0 Å². The van der Waals surface area contributed by atoms with Crippen molar-refractivity contribution in [1.29, 1.82) is 0 Å². The van der Waals surface area contributed by atoms with Crippen LogP contribution < -0.4 is 21.5 Å². The monoisotopic (exact) mass is 370 g/mol. The van der Waals surface area contributed by atoms with Crippen molar-refractivity contribution >= 4 is 46.1 Å². The molecule has 24 heavy (non-hydrogen) atoms. The van der Waals surface area contributed by atoms with E-state index in [9.17, 15) is 0 Å². The minimum atomic E-state index is 0.591. The van der Waals surface area contributed by atoms with Gasteiger partial charge in [-0.05, 0) is 75.8 Å². The zero-order chi connectivity index (χ0) is 17.6. The number of hydrogen-bond acceptors (Lipinski definition) is 4. The number of hydrazone groups is 2. The van der Waals surface area contributed by atoms with Crippen LogP contribution in [0.3, 0.4) is 0 Å². The molecular weight excluding hydrogens is 340 g/mol. The predicted molar refractivity (Wildman–Crippen MR) is 111 cm³/mol. The first-order valence-corrected chi connectivity index (χ1v) is 9.53. The molecule has 6 nitrogen and oxygen atoms in total. The second kappa shape index (κ2) is 13.1. The fourth-order valence-electron chi connectivity index (χ4n) is 2.51. The molecule has 0 saturated heterocycles. The van der Waals surface area contributed by atoms with E-state index in [2.05, 4.69) is 31.7 Å². The highest BCUT2D eigenvalue weighted by molar-refractivity contribution is 7.80. The Morgan fingerprint density at radius 3 is 1.29 bits per heavy atom. The predicted octanol–water partition coefficient (Wildman–Crippen LogP) is 2.80. The molecule has 2 aliphatic rings. The van der Waals surface area contributed by atoms with E-state index in [-0.39, 0.29) is 0 Å². The molecule has 2 saturated carbocycles. The molecule has 136 valence electrons. The first-order valence-electron chi connectivity index (χ1n) is 8.72. The summed E-state index contributed by atoms with van der Waals surface area (Å²) in [5, 5.41) is 15.3. The largest absolute Gasteiger partial charge is 0.364 e. The molecule has 0 atom stereocenters. The summed E-state index contributed by atoms with van der Waals surface area (Å²) >= 11 is 9.79. The molecule has 2 fully saturated rings. The Hall–Kier alpha value is -1.28. The molecule has 0 spiro atoms. The normalized spacial score (nSPS) is 16.9. The topological polar surface area (TPSA) is 72.8 Å². The minimum Gasteiger partial charge on any atom is -0.364 e. The van der Waals surface area contributed by atoms with Crippen LogP contribution in [0.1, 0.15) is 64.2 Å². The number of rotatable bonds is 2. The minimum absolute atomic E-state index is 0.591. The number of hydrogen-bond donors (Lipinski definition) is 4. The summed E-state index contributed by atoms with van der Waals surface area (Å²) in [6.07, 6.45) is 12.3. The van der Waals surface area contributed by atoms with Gasteiger partial charge in [-0.2, -0.15) is 10.2 Å². The van der Waals surface area contributed by atoms with E-state index < -0.39 is 0 Å². The molecular formula is C16H30N6S2. The molecule has 0 heterocycles. The Balaban J connectivity index is 0.000000240. The van der Waals surface area contributed by atoms with E-state index in [4.69, 9.17) is 24.4 Å². The average molecular weight is 371 g/mol. The summed E-state index contributed by atoms with van der Waals surface area (Å²) in [7, 11) is 3.58. The van der Waals surface area contributed by atoms with Crippen molar-refractivity contribution in [3.8, 4) is 0 Å². The van der Waals surface area contributed by atoms with E-state index in [1.165, 1.54) is 49.9 Å². The third kappa shape index (κ3) is 9.77. The van der Waals surface area contributed by atoms with Gasteiger partial charge >= 0.3 is 0 Å². The summed E-state index contributed by atoms with van der Waals surface area (Å²) in [5.74, 6) is 0. The van der Waals surface area contributed by atoms with Crippen LogP contribution in [-0.4, -0.2) is 35.7 Å². The molecule has 2 aliphatic carbocycles. The standard InChI is InChI=1S/2C8H15N3S/c2*1-9-8(12)11-10-7-5-3-2-4-6-7/h2*2-6H2,1H3,(H2,9,11,12). The Morgan fingerprint density at radius 2 is 1.00 bits per heavy atom. The number of nitrogens with one attached hydrogen (secondary N) is 4. The second-order valence-corrected chi connectivity index (χ2v) is 6.68. The lowest BCUT2D eigenvalue weighted by Crippen LogP contribution is -2.29. The molecule has 0 aromatic carbocycles. The van der Waals surface area contributed by atoms with E-state index in [1.807, 2.05) is 0 Å². The van der Waals surface area contributed by atoms with Crippen LogP contribution in [0.25, 0.3) is 0 Å². The van der Waals surface area contributed by atoms with Gasteiger partial charge in [-0.3, -0.25) is 10.9 Å². The van der Waals surface area contributed by atoms with Gasteiger partial charge in [-0.25, -0.2) is 0 Å². The summed E-state index contributed by atoms with van der Waals surface area (Å²) in [4.78, 5) is 0. The smallest absolute Gasteiger partial charge is 0.186 e. The number of nitrogens with zero attached hydrogens (tertiary/aromatic N) is 2. The van der Waals surface area contributed by atoms with Crippen molar-refractivity contribution in [3.05, 3.63) is 0 Å². The molecule has 0 aromatic rings. The second-order valence-electron chi connectivity index (χ2n) is 5.86. The summed E-state index contributed by atoms with van der Waals surface area (Å²) in [6.45, 7) is 0. The molecule has 2 rings (SSSR count). The first kappa shape index (κ1) is 20.8. The van der Waals surface area contributed by atoms with Gasteiger partial charge in [0.1, 0.15) is 0 Å². The summed E-state index contributed by atoms with van der Waals surface area (Å²) in [5.41, 5.74) is 8.12. The van der Waals surface area contributed by atoms with Gasteiger partial charge in [0.15, 0.2) is 10.2 Å². The lowest BCUT2D eigenvalue weighted by atomic mass is 9.99. The highest BCUT2D eigenvalue weighted by atomic mass is 32.1. The van der Waals surface area contributed by atoms with E-state index in [1.54, 1.807) is 14.1 Å². The van der Waals surface area contributed by atoms with E-state index in [0.717, 1.165) is 25.7 Å². The van der Waals surface area contributed by atoms with Crippen LogP contribution in [-0.2, 0) is 0 Å². The SMILES string of the molecule is CNC(=S)NN=C1CCCCC1.CNC(=S)NN=C1CCCCC1. The number of thiocarbonyl (C=S) groups is 2. The quantitative estimate of drug-likeness (QED) is 0.442. The molecule has 0 unspecified atom stereocenters. The highest BCUT2D eigenvalue weighted by Crippen LogP contribution is 2.14. The van der Waals surface area contributed by atoms with Gasteiger partial charge < -0.3 is 10.6 Å². The molecule has 0 amide bonds. The van der Waals surface area contributed by atoms with Gasteiger partial charge in [0.2, 0.25) is 0 Å². The van der Waals surface area contributed by atoms with Gasteiger partial charge in [-0.1, -0.05) is 12.8 Å². The fourth-order valence-corrected chi connectivity index (χ4v) is 2.61. The van der Waals surface area contributed by atoms with Gasteiger partial charge in [0, 0.05) is 25.5 Å². The van der Waals surface area contributed by atoms with Crippen molar-refractivity contribution in [2.45, 2.75) is 64.2 Å². The van der Waals surface area contributed by atoms with Crippen LogP contribution >= 0.6 is 24.4 Å². The maximum absolute atomic E-state index is 4.89. The third-order valence-electron chi connectivity index (χ3n) is 3.95. The lowest BCUT2D eigenvalue weighted by Gasteiger charge is -2.12. The van der Waals surface area contributed by atoms with Gasteiger partial charge in [0.05, 0.1) is 0 Å². The zero-order valence-corrected chi connectivity index (χ0v) is 16.4. The molecule has 0 radical (unpaired) electrons. The van der Waals surface area contributed by atoms with Crippen molar-refractivity contribution in [3.63, 3.8) is 0 Å². The van der Waals surface area contributed by atoms with Crippen molar-refractivity contribution < 1.29 is 0 Å². The molecule has 0 bridgehead atoms. The Morgan fingerprint density at radius 1 is 0.667 bits per heavy atom. The maximum atomic E-state index is 4.89. The summed E-state index contributed by atoms with van der Waals surface area (Å²) in [6, 6.07) is 0. The zero-order valence-electron chi connectivity index (χ0n) is 14.8. The van der Waals surface area contributed by atoms with Crippen LogP contribution in [0.4, 0.5) is 0 Å². The van der Waals surface area contributed by atoms with E-state index in [0.29, 0.717) is 10.2 Å². The average Bonchev–Trinajstić information content (AvgIpc) is 2.66. The molecule has 8 heteroatoms. The van der Waals surface area contributed by atoms with Crippen molar-refractivity contribution in [1.82, 2.24) is 21.5 Å². The molecule has 4 N–H and O–H groups in total. The van der Waals surface area contributed by atoms with Crippen LogP contribution in [0.15, 0.2) is 10.2 Å². The maximum Gasteiger partial charge on any atom is 0.186 e. The summed E-state index contributed by atoms with van der Waals surface area (Å²) < 4.78 is 0. The Kier molecular flexibility index (Phi) is 11.3. The van der Waals surface area contributed by atoms with E-state index >= 15 is 0 Å². The third-order valence-corrected chi connectivity index (χ3v) is 4.54. The van der Waals surface area contributed by atoms with Crippen LogP contribution in [0.2, 0.25) is 0 Å². The molecule has 0 aromatic heterocycles. The van der Waals surface area contributed by atoms with Crippen LogP contribution in [0, 0.1) is 0 Å². The van der Waals surface area contributed by atoms with Crippen molar-refractivity contribution in [2.75, 3.05) is 14.1 Å². The van der Waals surface area contributed by atoms with Gasteiger partial charge in [0.25, 0.3) is 0 Å². The fraction of sp³-hybridized carbons (Fsp3) is 0.750. The first-order chi connectivity index (χ1) is 11.7. The molecule has 0 aliphatic heterocycles. The lowest BCUT2D eigenvalue weighted by molar-refractivity contribution is 0.661.